The SMILES string of the molecule is CCc1c2c(nc3ccccc13)-c1cc3c(c(=O)n1C2)CNC(=O)[C@@H]3CC. The first kappa shape index (κ1) is 16.2. The second kappa shape index (κ2) is 5.78. The summed E-state index contributed by atoms with van der Waals surface area (Å²) in [5.74, 6) is -0.254. The molecule has 2 aromatic heterocycles. The van der Waals surface area contributed by atoms with E-state index in [9.17, 15) is 9.59 Å². The van der Waals surface area contributed by atoms with Crippen molar-refractivity contribution < 1.29 is 4.79 Å². The smallest absolute Gasteiger partial charge is 0.256 e. The molecule has 5 nitrogen and oxygen atoms in total. The number of rotatable bonds is 2. The van der Waals surface area contributed by atoms with Gasteiger partial charge in [-0.25, -0.2) is 4.98 Å². The number of aryl methyl sites for hydroxylation is 1. The highest BCUT2D eigenvalue weighted by Gasteiger charge is 2.33. The third kappa shape index (κ3) is 2.14. The van der Waals surface area contributed by atoms with Crippen molar-refractivity contribution in [1.29, 1.82) is 0 Å². The Labute approximate surface area is 157 Å². The molecule has 27 heavy (non-hydrogen) atoms. The van der Waals surface area contributed by atoms with Gasteiger partial charge in [0, 0.05) is 23.1 Å². The summed E-state index contributed by atoms with van der Waals surface area (Å²) in [6, 6.07) is 10.2. The van der Waals surface area contributed by atoms with Gasteiger partial charge in [-0.1, -0.05) is 32.0 Å². The highest BCUT2D eigenvalue weighted by atomic mass is 16.2. The van der Waals surface area contributed by atoms with Crippen molar-refractivity contribution in [3.8, 4) is 11.4 Å². The third-order valence-electron chi connectivity index (χ3n) is 6.00. The molecule has 5 rings (SSSR count). The second-order valence-corrected chi connectivity index (χ2v) is 7.32. The number of nitrogens with one attached hydrogen (secondary N) is 1. The first-order chi connectivity index (χ1) is 13.1. The molecule has 1 N–H and O–H groups in total. The molecule has 0 bridgehead atoms. The fourth-order valence-corrected chi connectivity index (χ4v) is 4.66. The minimum atomic E-state index is -0.262. The molecular weight excluding hydrogens is 338 g/mol. The molecule has 1 atom stereocenters. The van der Waals surface area contributed by atoms with Gasteiger partial charge in [0.2, 0.25) is 5.91 Å². The molecule has 136 valence electrons. The summed E-state index contributed by atoms with van der Waals surface area (Å²) in [6.45, 7) is 5.01. The van der Waals surface area contributed by atoms with Crippen LogP contribution in [0.1, 0.15) is 48.4 Å². The molecule has 1 aromatic carbocycles. The van der Waals surface area contributed by atoms with Crippen LogP contribution in [0.25, 0.3) is 22.3 Å². The van der Waals surface area contributed by atoms with Gasteiger partial charge in [-0.05, 0) is 36.1 Å². The molecule has 0 unspecified atom stereocenters. The lowest BCUT2D eigenvalue weighted by atomic mass is 9.88. The van der Waals surface area contributed by atoms with Gasteiger partial charge in [0.05, 0.1) is 29.4 Å². The van der Waals surface area contributed by atoms with Crippen molar-refractivity contribution in [2.24, 2.45) is 0 Å². The number of benzene rings is 1. The largest absolute Gasteiger partial charge is 0.351 e. The predicted molar refractivity (Wildman–Crippen MR) is 105 cm³/mol. The van der Waals surface area contributed by atoms with Crippen LogP contribution in [0, 0.1) is 0 Å². The van der Waals surface area contributed by atoms with Crippen LogP contribution in [-0.2, 0) is 24.3 Å². The van der Waals surface area contributed by atoms with Crippen LogP contribution in [0.4, 0.5) is 0 Å². The fourth-order valence-electron chi connectivity index (χ4n) is 4.66. The zero-order valence-corrected chi connectivity index (χ0v) is 15.5. The predicted octanol–water partition coefficient (Wildman–Crippen LogP) is 3.11. The topological polar surface area (TPSA) is 64.0 Å². The summed E-state index contributed by atoms with van der Waals surface area (Å²) in [5.41, 5.74) is 6.70. The lowest BCUT2D eigenvalue weighted by molar-refractivity contribution is -0.123. The van der Waals surface area contributed by atoms with E-state index >= 15 is 0 Å². The van der Waals surface area contributed by atoms with Crippen LogP contribution in [0.5, 0.6) is 0 Å². The Morgan fingerprint density at radius 2 is 2.00 bits per heavy atom. The summed E-state index contributed by atoms with van der Waals surface area (Å²) in [4.78, 5) is 30.4. The van der Waals surface area contributed by atoms with Gasteiger partial charge in [0.25, 0.3) is 5.56 Å². The molecule has 0 fully saturated rings. The number of nitrogens with zero attached hydrogens (tertiary/aromatic N) is 2. The van der Waals surface area contributed by atoms with E-state index in [4.69, 9.17) is 4.98 Å². The minimum Gasteiger partial charge on any atom is -0.351 e. The lowest BCUT2D eigenvalue weighted by Crippen LogP contribution is -2.39. The van der Waals surface area contributed by atoms with Crippen molar-refractivity contribution in [3.05, 3.63) is 62.9 Å². The van der Waals surface area contributed by atoms with Crippen LogP contribution in [0.3, 0.4) is 0 Å². The first-order valence-corrected chi connectivity index (χ1v) is 9.59. The average Bonchev–Trinajstić information content (AvgIpc) is 3.05. The monoisotopic (exact) mass is 359 g/mol. The molecule has 5 heteroatoms. The maximum atomic E-state index is 13.2. The van der Waals surface area contributed by atoms with Crippen LogP contribution in [0.2, 0.25) is 0 Å². The molecule has 0 saturated heterocycles. The number of fused-ring (bicyclic) bond motifs is 5. The highest BCUT2D eigenvalue weighted by molar-refractivity contribution is 5.89. The molecule has 4 heterocycles. The van der Waals surface area contributed by atoms with E-state index < -0.39 is 0 Å². The third-order valence-corrected chi connectivity index (χ3v) is 6.00. The van der Waals surface area contributed by atoms with Crippen LogP contribution >= 0.6 is 0 Å². The Morgan fingerprint density at radius 3 is 2.78 bits per heavy atom. The van der Waals surface area contributed by atoms with E-state index in [1.165, 1.54) is 5.56 Å². The van der Waals surface area contributed by atoms with Gasteiger partial charge < -0.3 is 9.88 Å². The molecule has 0 spiro atoms. The summed E-state index contributed by atoms with van der Waals surface area (Å²) in [5, 5.41) is 4.03. The number of carbonyl (C=O) groups is 1. The summed E-state index contributed by atoms with van der Waals surface area (Å²) in [7, 11) is 0. The standard InChI is InChI=1S/C22H21N3O2/c1-3-12-14-7-5-6-8-18(14)24-20-17(12)11-25-19(20)9-15-13(4-2)21(26)23-10-16(15)22(25)27/h5-9,13H,3-4,10-11H2,1-2H3,(H,23,26)/t13-/m1/s1. The van der Waals surface area contributed by atoms with Gasteiger partial charge in [-0.3, -0.25) is 9.59 Å². The summed E-state index contributed by atoms with van der Waals surface area (Å²) >= 11 is 0. The van der Waals surface area contributed by atoms with Crippen molar-refractivity contribution in [2.45, 2.75) is 45.7 Å². The quantitative estimate of drug-likeness (QED) is 0.598. The van der Waals surface area contributed by atoms with E-state index in [0.717, 1.165) is 45.4 Å². The van der Waals surface area contributed by atoms with Gasteiger partial charge >= 0.3 is 0 Å². The van der Waals surface area contributed by atoms with Gasteiger partial charge in [0.1, 0.15) is 0 Å². The Kier molecular flexibility index (Phi) is 3.47. The highest BCUT2D eigenvalue weighted by Crippen LogP contribution is 2.38. The maximum absolute atomic E-state index is 13.2. The number of amides is 1. The zero-order chi connectivity index (χ0) is 18.7. The van der Waals surface area contributed by atoms with Crippen molar-refractivity contribution >= 4 is 16.8 Å². The molecule has 1 amide bonds. The van der Waals surface area contributed by atoms with Gasteiger partial charge in [-0.15, -0.1) is 0 Å². The van der Waals surface area contributed by atoms with Gasteiger partial charge in [-0.2, -0.15) is 0 Å². The minimum absolute atomic E-state index is 0.00468. The molecule has 0 radical (unpaired) electrons. The van der Waals surface area contributed by atoms with Crippen molar-refractivity contribution in [1.82, 2.24) is 14.9 Å². The molecular formula is C22H21N3O2. The van der Waals surface area contributed by atoms with E-state index in [1.807, 2.05) is 35.8 Å². The van der Waals surface area contributed by atoms with Crippen molar-refractivity contribution in [3.63, 3.8) is 0 Å². The van der Waals surface area contributed by atoms with Crippen LogP contribution in [-0.4, -0.2) is 15.5 Å². The van der Waals surface area contributed by atoms with Crippen molar-refractivity contribution in [2.75, 3.05) is 0 Å². The summed E-state index contributed by atoms with van der Waals surface area (Å²) in [6.07, 6.45) is 1.57. The lowest BCUT2D eigenvalue weighted by Gasteiger charge is -2.25. The number of hydrogen-bond donors (Lipinski definition) is 1. The second-order valence-electron chi connectivity index (χ2n) is 7.32. The number of hydrogen-bond acceptors (Lipinski definition) is 3. The Hall–Kier alpha value is -2.95. The van der Waals surface area contributed by atoms with Crippen LogP contribution < -0.4 is 10.9 Å². The Bertz CT molecular complexity index is 1180. The number of carbonyl (C=O) groups excluding carboxylic acids is 1. The maximum Gasteiger partial charge on any atom is 0.256 e. The van der Waals surface area contributed by atoms with Crippen LogP contribution in [0.15, 0.2) is 35.1 Å². The molecule has 3 aromatic rings. The van der Waals surface area contributed by atoms with Gasteiger partial charge in [0.15, 0.2) is 0 Å². The number of aromatic nitrogens is 2. The molecule has 0 saturated carbocycles. The van der Waals surface area contributed by atoms with E-state index in [2.05, 4.69) is 18.3 Å². The summed E-state index contributed by atoms with van der Waals surface area (Å²) < 4.78 is 1.83. The number of para-hydroxylation sites is 1. The normalized spacial score (nSPS) is 17.4. The average molecular weight is 359 g/mol. The Balaban J connectivity index is 1.82. The van der Waals surface area contributed by atoms with E-state index in [-0.39, 0.29) is 17.4 Å². The molecule has 2 aliphatic rings. The Morgan fingerprint density at radius 1 is 1.19 bits per heavy atom. The number of pyridine rings is 2. The van der Waals surface area contributed by atoms with E-state index in [1.54, 1.807) is 0 Å². The first-order valence-electron chi connectivity index (χ1n) is 9.59. The molecule has 0 aliphatic carbocycles. The zero-order valence-electron chi connectivity index (χ0n) is 15.5. The van der Waals surface area contributed by atoms with E-state index in [0.29, 0.717) is 19.5 Å². The molecule has 2 aliphatic heterocycles. The fraction of sp³-hybridized carbons (Fsp3) is 0.318.